The molecule has 0 amide bonds. The Morgan fingerprint density at radius 2 is 2.04 bits per heavy atom. The van der Waals surface area contributed by atoms with E-state index in [2.05, 4.69) is 78.1 Å². The van der Waals surface area contributed by atoms with E-state index in [4.69, 9.17) is 0 Å². The number of guanidine groups is 1. The van der Waals surface area contributed by atoms with Gasteiger partial charge in [0.2, 0.25) is 0 Å². The second kappa shape index (κ2) is 11.2. The van der Waals surface area contributed by atoms with Crippen molar-refractivity contribution in [3.8, 4) is 0 Å². The van der Waals surface area contributed by atoms with Gasteiger partial charge in [0.15, 0.2) is 5.96 Å². The highest BCUT2D eigenvalue weighted by Crippen LogP contribution is 2.22. The number of nitrogens with zero attached hydrogens (tertiary/aromatic N) is 2. The van der Waals surface area contributed by atoms with Crippen LogP contribution in [0.2, 0.25) is 0 Å². The second-order valence-electron chi connectivity index (χ2n) is 6.21. The molecule has 0 spiro atoms. The summed E-state index contributed by atoms with van der Waals surface area (Å²) in [6, 6.07) is 9.38. The van der Waals surface area contributed by atoms with Crippen LogP contribution in [0.25, 0.3) is 0 Å². The minimum absolute atomic E-state index is 0. The van der Waals surface area contributed by atoms with Crippen molar-refractivity contribution in [3.05, 3.63) is 44.3 Å². The molecule has 0 aliphatic rings. The molecule has 0 aliphatic heterocycles. The summed E-state index contributed by atoms with van der Waals surface area (Å²) in [4.78, 5) is 10.8. The molecular formula is C18H29IN4S2. The number of aliphatic imine (C=N–C) groups is 1. The maximum Gasteiger partial charge on any atom is 0.191 e. The fourth-order valence-corrected chi connectivity index (χ4v) is 4.53. The van der Waals surface area contributed by atoms with Crippen molar-refractivity contribution in [2.75, 3.05) is 27.7 Å². The van der Waals surface area contributed by atoms with E-state index in [9.17, 15) is 0 Å². The van der Waals surface area contributed by atoms with Crippen LogP contribution < -0.4 is 10.6 Å². The molecule has 0 aliphatic carbocycles. The first-order valence-electron chi connectivity index (χ1n) is 8.22. The van der Waals surface area contributed by atoms with Gasteiger partial charge >= 0.3 is 0 Å². The third kappa shape index (κ3) is 7.24. The lowest BCUT2D eigenvalue weighted by atomic mass is 10.2. The quantitative estimate of drug-likeness (QED) is 0.347. The topological polar surface area (TPSA) is 39.7 Å². The van der Waals surface area contributed by atoms with Gasteiger partial charge in [-0.25, -0.2) is 0 Å². The average Bonchev–Trinajstić information content (AvgIpc) is 3.18. The summed E-state index contributed by atoms with van der Waals surface area (Å²) in [6.07, 6.45) is 1.02. The summed E-state index contributed by atoms with van der Waals surface area (Å²) in [5.74, 6) is 0.860. The largest absolute Gasteiger partial charge is 0.354 e. The third-order valence-corrected chi connectivity index (χ3v) is 5.86. The van der Waals surface area contributed by atoms with Crippen LogP contribution in [0, 0.1) is 6.92 Å². The van der Waals surface area contributed by atoms with Crippen LogP contribution in [0.4, 0.5) is 0 Å². The van der Waals surface area contributed by atoms with E-state index in [-0.39, 0.29) is 24.0 Å². The number of aryl methyl sites for hydroxylation is 1. The molecule has 25 heavy (non-hydrogen) atoms. The predicted molar refractivity (Wildman–Crippen MR) is 123 cm³/mol. The molecule has 2 unspecified atom stereocenters. The van der Waals surface area contributed by atoms with Crippen LogP contribution in [0.3, 0.4) is 0 Å². The molecule has 0 saturated heterocycles. The summed E-state index contributed by atoms with van der Waals surface area (Å²) in [7, 11) is 6.06. The molecule has 2 aromatic rings. The Kier molecular flexibility index (Phi) is 9.99. The number of hydrogen-bond donors (Lipinski definition) is 2. The van der Waals surface area contributed by atoms with Crippen LogP contribution in [0.15, 0.2) is 34.6 Å². The first-order chi connectivity index (χ1) is 11.5. The van der Waals surface area contributed by atoms with Crippen LogP contribution in [0.5, 0.6) is 0 Å². The van der Waals surface area contributed by atoms with E-state index in [0.29, 0.717) is 12.1 Å². The SMILES string of the molecule is CN=C(NCC(c1cccs1)N(C)C)NC(C)Cc1ccc(C)s1.I. The zero-order valence-electron chi connectivity index (χ0n) is 15.6. The van der Waals surface area contributed by atoms with Crippen molar-refractivity contribution in [3.63, 3.8) is 0 Å². The van der Waals surface area contributed by atoms with Gasteiger partial charge < -0.3 is 15.5 Å². The standard InChI is InChI=1S/C18H28N4S2.HI/c1-13(11-15-9-8-14(2)24-15)21-18(19-3)20-12-16(22(4)5)17-7-6-10-23-17;/h6-10,13,16H,11-12H2,1-5H3,(H2,19,20,21);1H. The Bertz CT molecular complexity index is 637. The fourth-order valence-electron chi connectivity index (χ4n) is 2.59. The summed E-state index contributed by atoms with van der Waals surface area (Å²) < 4.78 is 0. The van der Waals surface area contributed by atoms with Crippen molar-refractivity contribution in [1.82, 2.24) is 15.5 Å². The van der Waals surface area contributed by atoms with Crippen molar-refractivity contribution in [2.24, 2.45) is 4.99 Å². The van der Waals surface area contributed by atoms with Gasteiger partial charge in [-0.3, -0.25) is 4.99 Å². The molecule has 2 aromatic heterocycles. The number of thiophene rings is 2. The van der Waals surface area contributed by atoms with Gasteiger partial charge in [0, 0.05) is 40.7 Å². The highest BCUT2D eigenvalue weighted by molar-refractivity contribution is 14.0. The smallest absolute Gasteiger partial charge is 0.191 e. The summed E-state index contributed by atoms with van der Waals surface area (Å²) in [5, 5.41) is 9.09. The first kappa shape index (κ1) is 22.4. The van der Waals surface area contributed by atoms with Gasteiger partial charge in [0.1, 0.15) is 0 Å². The predicted octanol–water partition coefficient (Wildman–Crippen LogP) is 4.13. The Morgan fingerprint density at radius 3 is 2.56 bits per heavy atom. The lowest BCUT2D eigenvalue weighted by Crippen LogP contribution is -2.45. The zero-order valence-corrected chi connectivity index (χ0v) is 19.5. The van der Waals surface area contributed by atoms with Gasteiger partial charge in [-0.05, 0) is 51.5 Å². The maximum absolute atomic E-state index is 4.37. The molecule has 0 bridgehead atoms. The number of nitrogens with one attached hydrogen (secondary N) is 2. The Morgan fingerprint density at radius 1 is 1.28 bits per heavy atom. The molecular weight excluding hydrogens is 463 g/mol. The molecule has 0 fully saturated rings. The van der Waals surface area contributed by atoms with Crippen molar-refractivity contribution >= 4 is 52.6 Å². The first-order valence-corrected chi connectivity index (χ1v) is 9.91. The summed E-state index contributed by atoms with van der Waals surface area (Å²) in [6.45, 7) is 5.18. The lowest BCUT2D eigenvalue weighted by Gasteiger charge is -2.25. The molecule has 0 radical (unpaired) electrons. The van der Waals surface area contributed by atoms with E-state index in [1.807, 2.05) is 18.4 Å². The zero-order chi connectivity index (χ0) is 17.5. The summed E-state index contributed by atoms with van der Waals surface area (Å²) in [5.41, 5.74) is 0. The summed E-state index contributed by atoms with van der Waals surface area (Å²) >= 11 is 3.66. The average molecular weight is 492 g/mol. The molecule has 4 nitrogen and oxygen atoms in total. The van der Waals surface area contributed by atoms with E-state index >= 15 is 0 Å². The molecule has 0 saturated carbocycles. The van der Waals surface area contributed by atoms with Crippen molar-refractivity contribution in [1.29, 1.82) is 0 Å². The molecule has 140 valence electrons. The number of likely N-dealkylation sites (N-methyl/N-ethyl adjacent to an activating group) is 1. The van der Waals surface area contributed by atoms with Crippen LogP contribution >= 0.6 is 46.7 Å². The monoisotopic (exact) mass is 492 g/mol. The minimum Gasteiger partial charge on any atom is -0.354 e. The van der Waals surface area contributed by atoms with Gasteiger partial charge in [-0.15, -0.1) is 46.7 Å². The number of halogens is 1. The highest BCUT2D eigenvalue weighted by atomic mass is 127. The van der Waals surface area contributed by atoms with Gasteiger partial charge in [0.05, 0.1) is 6.04 Å². The third-order valence-electron chi connectivity index (χ3n) is 3.87. The van der Waals surface area contributed by atoms with Crippen LogP contribution in [0.1, 0.15) is 27.6 Å². The van der Waals surface area contributed by atoms with Gasteiger partial charge in [0.25, 0.3) is 0 Å². The molecule has 2 atom stereocenters. The van der Waals surface area contributed by atoms with Crippen molar-refractivity contribution in [2.45, 2.75) is 32.4 Å². The normalized spacial score (nSPS) is 14.1. The Balaban J connectivity index is 0.00000312. The lowest BCUT2D eigenvalue weighted by molar-refractivity contribution is 0.302. The van der Waals surface area contributed by atoms with E-state index in [0.717, 1.165) is 18.9 Å². The minimum atomic E-state index is 0. The molecule has 2 rings (SSSR count). The van der Waals surface area contributed by atoms with E-state index < -0.39 is 0 Å². The van der Waals surface area contributed by atoms with Gasteiger partial charge in [-0.2, -0.15) is 0 Å². The maximum atomic E-state index is 4.37. The number of rotatable bonds is 7. The molecule has 2 heterocycles. The van der Waals surface area contributed by atoms with Gasteiger partial charge in [-0.1, -0.05) is 6.07 Å². The Hall–Kier alpha value is -0.640. The fraction of sp³-hybridized carbons (Fsp3) is 0.500. The highest BCUT2D eigenvalue weighted by Gasteiger charge is 2.16. The van der Waals surface area contributed by atoms with Crippen LogP contribution in [-0.2, 0) is 6.42 Å². The second-order valence-corrected chi connectivity index (χ2v) is 8.56. The molecule has 0 aromatic carbocycles. The Labute approximate surface area is 176 Å². The van der Waals surface area contributed by atoms with E-state index in [1.54, 1.807) is 11.3 Å². The van der Waals surface area contributed by atoms with Crippen LogP contribution in [-0.4, -0.2) is 44.6 Å². The van der Waals surface area contributed by atoms with E-state index in [1.165, 1.54) is 14.6 Å². The number of hydrogen-bond acceptors (Lipinski definition) is 4. The van der Waals surface area contributed by atoms with Crippen molar-refractivity contribution < 1.29 is 0 Å². The molecule has 2 N–H and O–H groups in total. The molecule has 7 heteroatoms.